The number of carbonyl (C=O) groups excluding carboxylic acids is 1. The molecule has 1 saturated carbocycles. The van der Waals surface area contributed by atoms with Crippen molar-refractivity contribution >= 4 is 28.6 Å². The number of nitrogens with one attached hydrogen (secondary N) is 1. The van der Waals surface area contributed by atoms with Crippen molar-refractivity contribution in [2.24, 2.45) is 0 Å². The summed E-state index contributed by atoms with van der Waals surface area (Å²) >= 11 is 1.54. The molecule has 2 aliphatic rings. The first kappa shape index (κ1) is 15.6. The molecule has 0 spiro atoms. The Morgan fingerprint density at radius 1 is 1.12 bits per heavy atom. The molecular weight excluding hydrogens is 318 g/mol. The molecule has 0 bridgehead atoms. The monoisotopic (exact) mass is 341 g/mol. The molecule has 1 aromatic heterocycles. The molecule has 1 saturated heterocycles. The summed E-state index contributed by atoms with van der Waals surface area (Å²) in [6.07, 6.45) is 9.20. The number of carbonyl (C=O) groups is 1. The number of anilines is 2. The second-order valence-corrected chi connectivity index (χ2v) is 7.77. The Kier molecular flexibility index (Phi) is 4.52. The first-order chi connectivity index (χ1) is 11.8. The first-order valence-corrected chi connectivity index (χ1v) is 9.74. The lowest BCUT2D eigenvalue weighted by molar-refractivity contribution is 0.103. The number of rotatable bonds is 4. The summed E-state index contributed by atoms with van der Waals surface area (Å²) in [6, 6.07) is 8.15. The van der Waals surface area contributed by atoms with E-state index in [1.54, 1.807) is 6.20 Å². The van der Waals surface area contributed by atoms with Crippen LogP contribution in [-0.2, 0) is 0 Å². The smallest absolute Gasteiger partial charge is 0.267 e. The van der Waals surface area contributed by atoms with Crippen LogP contribution in [-0.4, -0.2) is 24.0 Å². The highest BCUT2D eigenvalue weighted by molar-refractivity contribution is 7.13. The molecule has 1 N–H and O–H groups in total. The second kappa shape index (κ2) is 6.93. The van der Waals surface area contributed by atoms with Crippen LogP contribution in [0.15, 0.2) is 30.5 Å². The number of thiazole rings is 1. The van der Waals surface area contributed by atoms with Crippen LogP contribution in [0.3, 0.4) is 0 Å². The second-order valence-electron chi connectivity index (χ2n) is 6.71. The van der Waals surface area contributed by atoms with E-state index in [0.29, 0.717) is 10.8 Å². The quantitative estimate of drug-likeness (QED) is 0.880. The van der Waals surface area contributed by atoms with E-state index < -0.39 is 0 Å². The third-order valence-corrected chi connectivity index (χ3v) is 5.93. The van der Waals surface area contributed by atoms with Gasteiger partial charge in [-0.15, -0.1) is 11.3 Å². The van der Waals surface area contributed by atoms with Gasteiger partial charge in [-0.1, -0.05) is 25.0 Å². The molecule has 1 aliphatic heterocycles. The third-order valence-electron chi connectivity index (χ3n) is 4.77. The summed E-state index contributed by atoms with van der Waals surface area (Å²) < 4.78 is 0. The Bertz CT molecular complexity index is 715. The Morgan fingerprint density at radius 2 is 1.88 bits per heavy atom. The van der Waals surface area contributed by atoms with Crippen LogP contribution in [0, 0.1) is 0 Å². The number of benzene rings is 1. The maximum atomic E-state index is 12.6. The summed E-state index contributed by atoms with van der Waals surface area (Å²) in [4.78, 5) is 20.1. The molecule has 2 heterocycles. The Labute approximate surface area is 146 Å². The van der Waals surface area contributed by atoms with Crippen molar-refractivity contribution in [1.29, 1.82) is 0 Å². The topological polar surface area (TPSA) is 45.2 Å². The third kappa shape index (κ3) is 3.46. The Balaban J connectivity index is 1.51. The van der Waals surface area contributed by atoms with Gasteiger partial charge < -0.3 is 10.2 Å². The lowest BCUT2D eigenvalue weighted by atomic mass is 10.2. The molecule has 2 aromatic rings. The van der Waals surface area contributed by atoms with Crippen molar-refractivity contribution in [1.82, 2.24) is 4.98 Å². The van der Waals surface area contributed by atoms with Gasteiger partial charge in [0.25, 0.3) is 5.91 Å². The van der Waals surface area contributed by atoms with Crippen molar-refractivity contribution in [3.63, 3.8) is 0 Å². The van der Waals surface area contributed by atoms with Crippen molar-refractivity contribution in [2.75, 3.05) is 23.3 Å². The molecule has 1 aliphatic carbocycles. The van der Waals surface area contributed by atoms with Gasteiger partial charge in [0.05, 0.1) is 22.6 Å². The zero-order chi connectivity index (χ0) is 16.4. The maximum Gasteiger partial charge on any atom is 0.267 e. The van der Waals surface area contributed by atoms with E-state index in [0.717, 1.165) is 29.5 Å². The van der Waals surface area contributed by atoms with Gasteiger partial charge in [-0.3, -0.25) is 4.79 Å². The van der Waals surface area contributed by atoms with Gasteiger partial charge in [0.2, 0.25) is 0 Å². The molecule has 2 fully saturated rings. The first-order valence-electron chi connectivity index (χ1n) is 8.92. The standard InChI is InChI=1S/C19H23N3OS/c23-18(17-13-20-19(24-17)14-9-10-14)21-15-7-3-4-8-16(15)22-11-5-1-2-6-12-22/h3-4,7-8,13-14H,1-2,5-6,9-12H2,(H,21,23). The highest BCUT2D eigenvalue weighted by Crippen LogP contribution is 2.41. The van der Waals surface area contributed by atoms with E-state index in [1.807, 2.05) is 18.2 Å². The molecule has 0 atom stereocenters. The molecule has 5 heteroatoms. The Morgan fingerprint density at radius 3 is 2.62 bits per heavy atom. The maximum absolute atomic E-state index is 12.6. The van der Waals surface area contributed by atoms with Crippen LogP contribution in [0.5, 0.6) is 0 Å². The zero-order valence-electron chi connectivity index (χ0n) is 13.8. The normalized spacial score (nSPS) is 18.2. The molecule has 24 heavy (non-hydrogen) atoms. The molecule has 1 amide bonds. The van der Waals surface area contributed by atoms with Gasteiger partial charge in [-0.2, -0.15) is 0 Å². The lowest BCUT2D eigenvalue weighted by Crippen LogP contribution is -2.25. The van der Waals surface area contributed by atoms with E-state index >= 15 is 0 Å². The summed E-state index contributed by atoms with van der Waals surface area (Å²) in [6.45, 7) is 2.14. The van der Waals surface area contributed by atoms with Crippen LogP contribution < -0.4 is 10.2 Å². The SMILES string of the molecule is O=C(Nc1ccccc1N1CCCCCC1)c1cnc(C2CC2)s1. The van der Waals surface area contributed by atoms with Crippen LogP contribution in [0.1, 0.15) is 59.1 Å². The minimum atomic E-state index is -0.0401. The number of amides is 1. The van der Waals surface area contributed by atoms with Gasteiger partial charge in [0, 0.05) is 19.0 Å². The number of nitrogens with zero attached hydrogens (tertiary/aromatic N) is 2. The van der Waals surface area contributed by atoms with Gasteiger partial charge in [0.15, 0.2) is 0 Å². The van der Waals surface area contributed by atoms with Gasteiger partial charge in [-0.05, 0) is 37.8 Å². The summed E-state index contributed by atoms with van der Waals surface area (Å²) in [5.74, 6) is 0.558. The molecule has 126 valence electrons. The van der Waals surface area contributed by atoms with E-state index in [1.165, 1.54) is 49.9 Å². The number of aromatic nitrogens is 1. The Hall–Kier alpha value is -1.88. The minimum Gasteiger partial charge on any atom is -0.370 e. The lowest BCUT2D eigenvalue weighted by Gasteiger charge is -2.25. The molecule has 4 rings (SSSR count). The van der Waals surface area contributed by atoms with Gasteiger partial charge in [0.1, 0.15) is 4.88 Å². The number of hydrogen-bond acceptors (Lipinski definition) is 4. The zero-order valence-corrected chi connectivity index (χ0v) is 14.6. The van der Waals surface area contributed by atoms with Crippen LogP contribution in [0.4, 0.5) is 11.4 Å². The molecule has 4 nitrogen and oxygen atoms in total. The van der Waals surface area contributed by atoms with Crippen molar-refractivity contribution in [2.45, 2.75) is 44.4 Å². The van der Waals surface area contributed by atoms with Crippen molar-refractivity contribution in [3.8, 4) is 0 Å². The van der Waals surface area contributed by atoms with E-state index in [4.69, 9.17) is 0 Å². The van der Waals surface area contributed by atoms with Crippen LogP contribution in [0.25, 0.3) is 0 Å². The molecule has 0 unspecified atom stereocenters. The fraction of sp³-hybridized carbons (Fsp3) is 0.474. The number of hydrogen-bond donors (Lipinski definition) is 1. The molecule has 0 radical (unpaired) electrons. The highest BCUT2D eigenvalue weighted by atomic mass is 32.1. The van der Waals surface area contributed by atoms with E-state index in [2.05, 4.69) is 21.3 Å². The van der Waals surface area contributed by atoms with Crippen LogP contribution >= 0.6 is 11.3 Å². The number of para-hydroxylation sites is 2. The summed E-state index contributed by atoms with van der Waals surface area (Å²) in [5, 5.41) is 4.22. The average Bonchev–Trinajstić information content (AvgIpc) is 3.39. The fourth-order valence-electron chi connectivity index (χ4n) is 3.26. The summed E-state index contributed by atoms with van der Waals surface area (Å²) in [7, 11) is 0. The van der Waals surface area contributed by atoms with Crippen LogP contribution in [0.2, 0.25) is 0 Å². The molecular formula is C19H23N3OS. The van der Waals surface area contributed by atoms with E-state index in [9.17, 15) is 4.79 Å². The fourth-order valence-corrected chi connectivity index (χ4v) is 4.24. The van der Waals surface area contributed by atoms with E-state index in [-0.39, 0.29) is 5.91 Å². The predicted octanol–water partition coefficient (Wildman–Crippen LogP) is 4.65. The van der Waals surface area contributed by atoms with Crippen molar-refractivity contribution < 1.29 is 4.79 Å². The average molecular weight is 341 g/mol. The van der Waals surface area contributed by atoms with Gasteiger partial charge in [-0.25, -0.2) is 4.98 Å². The molecule has 1 aromatic carbocycles. The van der Waals surface area contributed by atoms with Crippen molar-refractivity contribution in [3.05, 3.63) is 40.3 Å². The highest BCUT2D eigenvalue weighted by Gasteiger charge is 2.27. The van der Waals surface area contributed by atoms with Gasteiger partial charge >= 0.3 is 0 Å². The largest absolute Gasteiger partial charge is 0.370 e. The minimum absolute atomic E-state index is 0.0401. The predicted molar refractivity (Wildman–Crippen MR) is 99.2 cm³/mol. The summed E-state index contributed by atoms with van der Waals surface area (Å²) in [5.41, 5.74) is 2.05.